The molecular formula is C26H30N4O2. The summed E-state index contributed by atoms with van der Waals surface area (Å²) in [5.74, 6) is 1.34. The van der Waals surface area contributed by atoms with Gasteiger partial charge in [0.1, 0.15) is 5.75 Å². The molecule has 6 heteroatoms. The van der Waals surface area contributed by atoms with Crippen molar-refractivity contribution in [1.29, 1.82) is 0 Å². The highest BCUT2D eigenvalue weighted by Gasteiger charge is 2.15. The van der Waals surface area contributed by atoms with E-state index in [1.165, 1.54) is 32.1 Å². The summed E-state index contributed by atoms with van der Waals surface area (Å²) in [6.45, 7) is 1.96. The second-order valence-corrected chi connectivity index (χ2v) is 8.32. The van der Waals surface area contributed by atoms with E-state index in [1.54, 1.807) is 7.11 Å². The van der Waals surface area contributed by atoms with Gasteiger partial charge >= 0.3 is 0 Å². The van der Waals surface area contributed by atoms with E-state index >= 15 is 0 Å². The van der Waals surface area contributed by atoms with Crippen LogP contribution in [0.2, 0.25) is 0 Å². The Balaban J connectivity index is 1.37. The van der Waals surface area contributed by atoms with Gasteiger partial charge in [-0.3, -0.25) is 4.79 Å². The van der Waals surface area contributed by atoms with Crippen LogP contribution in [-0.4, -0.2) is 29.0 Å². The van der Waals surface area contributed by atoms with Crippen molar-refractivity contribution in [3.63, 3.8) is 0 Å². The van der Waals surface area contributed by atoms with Gasteiger partial charge in [0.05, 0.1) is 13.2 Å². The second-order valence-electron chi connectivity index (χ2n) is 8.32. The van der Waals surface area contributed by atoms with Gasteiger partial charge in [0.15, 0.2) is 0 Å². The van der Waals surface area contributed by atoms with Crippen LogP contribution in [0.5, 0.6) is 5.75 Å². The van der Waals surface area contributed by atoms with Crippen molar-refractivity contribution in [1.82, 2.24) is 15.3 Å². The Morgan fingerprint density at radius 2 is 1.72 bits per heavy atom. The number of amides is 1. The summed E-state index contributed by atoms with van der Waals surface area (Å²) in [6, 6.07) is 15.6. The van der Waals surface area contributed by atoms with Crippen LogP contribution < -0.4 is 15.4 Å². The highest BCUT2D eigenvalue weighted by Crippen LogP contribution is 2.23. The van der Waals surface area contributed by atoms with E-state index in [4.69, 9.17) is 4.74 Å². The Morgan fingerprint density at radius 1 is 1.00 bits per heavy atom. The minimum absolute atomic E-state index is 0.116. The molecule has 1 aromatic heterocycles. The zero-order valence-corrected chi connectivity index (χ0v) is 18.7. The number of nitrogens with zero attached hydrogens (tertiary/aromatic N) is 2. The molecule has 2 N–H and O–H groups in total. The van der Waals surface area contributed by atoms with E-state index < -0.39 is 0 Å². The summed E-state index contributed by atoms with van der Waals surface area (Å²) in [4.78, 5) is 21.7. The zero-order chi connectivity index (χ0) is 22.3. The number of ether oxygens (including phenoxy) is 1. The minimum Gasteiger partial charge on any atom is -0.497 e. The van der Waals surface area contributed by atoms with Gasteiger partial charge in [-0.25, -0.2) is 9.97 Å². The maximum atomic E-state index is 12.7. The fraction of sp³-hybridized carbons (Fsp3) is 0.346. The Hall–Kier alpha value is -3.41. The van der Waals surface area contributed by atoms with Gasteiger partial charge in [0.25, 0.3) is 5.91 Å². The highest BCUT2D eigenvalue weighted by molar-refractivity contribution is 5.94. The predicted octanol–water partition coefficient (Wildman–Crippen LogP) is 5.39. The molecule has 32 heavy (non-hydrogen) atoms. The van der Waals surface area contributed by atoms with Crippen LogP contribution in [0.3, 0.4) is 0 Å². The van der Waals surface area contributed by atoms with E-state index in [9.17, 15) is 4.79 Å². The summed E-state index contributed by atoms with van der Waals surface area (Å²) >= 11 is 0. The van der Waals surface area contributed by atoms with Gasteiger partial charge in [-0.05, 0) is 55.2 Å². The molecule has 1 heterocycles. The van der Waals surface area contributed by atoms with Crippen LogP contribution in [0.15, 0.2) is 60.9 Å². The van der Waals surface area contributed by atoms with Crippen molar-refractivity contribution >= 4 is 11.9 Å². The second kappa shape index (κ2) is 10.3. The molecule has 0 bridgehead atoms. The number of carbonyl (C=O) groups excluding carboxylic acids is 1. The van der Waals surface area contributed by atoms with Gasteiger partial charge < -0.3 is 15.4 Å². The standard InChI is InChI=1S/C26H30N4O2/c1-18(21-7-6-10-24(15-21)32-2)29-25(31)20-13-11-19(12-14-20)22-16-27-26(28-17-22)30-23-8-4-3-5-9-23/h6-7,10-18,23H,3-5,8-9H2,1-2H3,(H,29,31)(H,27,28,30). The molecule has 1 aliphatic carbocycles. The van der Waals surface area contributed by atoms with Crippen molar-refractivity contribution in [2.45, 2.75) is 51.1 Å². The molecule has 6 nitrogen and oxygen atoms in total. The maximum Gasteiger partial charge on any atom is 0.251 e. The summed E-state index contributed by atoms with van der Waals surface area (Å²) in [6.07, 6.45) is 9.90. The van der Waals surface area contributed by atoms with E-state index in [0.717, 1.165) is 22.4 Å². The molecule has 1 fully saturated rings. The lowest BCUT2D eigenvalue weighted by atomic mass is 9.96. The van der Waals surface area contributed by atoms with Crippen LogP contribution in [-0.2, 0) is 0 Å². The van der Waals surface area contributed by atoms with Gasteiger partial charge in [0.2, 0.25) is 5.95 Å². The molecule has 3 aromatic rings. The molecule has 1 unspecified atom stereocenters. The molecule has 0 saturated heterocycles. The quantitative estimate of drug-likeness (QED) is 0.526. The normalized spacial score (nSPS) is 15.1. The summed E-state index contributed by atoms with van der Waals surface area (Å²) < 4.78 is 5.27. The Bertz CT molecular complexity index is 1030. The van der Waals surface area contributed by atoms with Crippen LogP contribution >= 0.6 is 0 Å². The number of anilines is 1. The van der Waals surface area contributed by atoms with Crippen molar-refractivity contribution in [3.8, 4) is 16.9 Å². The van der Waals surface area contributed by atoms with E-state index in [2.05, 4.69) is 20.6 Å². The first kappa shape index (κ1) is 21.8. The third-order valence-corrected chi connectivity index (χ3v) is 6.01. The summed E-state index contributed by atoms with van der Waals surface area (Å²) in [5.41, 5.74) is 3.51. The molecule has 0 spiro atoms. The van der Waals surface area contributed by atoms with Crippen LogP contribution in [0, 0.1) is 0 Å². The first-order chi connectivity index (χ1) is 15.6. The third kappa shape index (κ3) is 5.44. The number of methoxy groups -OCH3 is 1. The Labute approximate surface area is 189 Å². The SMILES string of the molecule is COc1cccc(C(C)NC(=O)c2ccc(-c3cnc(NC4CCCCC4)nc3)cc2)c1. The maximum absolute atomic E-state index is 12.7. The van der Waals surface area contributed by atoms with Crippen LogP contribution in [0.4, 0.5) is 5.95 Å². The fourth-order valence-corrected chi connectivity index (χ4v) is 4.07. The molecule has 4 rings (SSSR count). The lowest BCUT2D eigenvalue weighted by molar-refractivity contribution is 0.0940. The zero-order valence-electron chi connectivity index (χ0n) is 18.7. The molecule has 0 aliphatic heterocycles. The minimum atomic E-state index is -0.130. The monoisotopic (exact) mass is 430 g/mol. The first-order valence-corrected chi connectivity index (χ1v) is 11.3. The highest BCUT2D eigenvalue weighted by atomic mass is 16.5. The molecule has 166 valence electrons. The largest absolute Gasteiger partial charge is 0.497 e. The molecule has 1 atom stereocenters. The van der Waals surface area contributed by atoms with Crippen molar-refractivity contribution in [3.05, 3.63) is 72.1 Å². The lowest BCUT2D eigenvalue weighted by Gasteiger charge is -2.22. The molecule has 1 saturated carbocycles. The van der Waals surface area contributed by atoms with E-state index in [1.807, 2.05) is 67.8 Å². The molecular weight excluding hydrogens is 400 g/mol. The first-order valence-electron chi connectivity index (χ1n) is 11.3. The number of benzene rings is 2. The topological polar surface area (TPSA) is 76.1 Å². The summed E-state index contributed by atoms with van der Waals surface area (Å²) in [5, 5.41) is 6.48. The van der Waals surface area contributed by atoms with Crippen LogP contribution in [0.1, 0.15) is 61.0 Å². The molecule has 2 aromatic carbocycles. The number of carbonyl (C=O) groups is 1. The van der Waals surface area contributed by atoms with Gasteiger partial charge in [-0.2, -0.15) is 0 Å². The molecule has 1 amide bonds. The number of rotatable bonds is 7. The predicted molar refractivity (Wildman–Crippen MR) is 127 cm³/mol. The third-order valence-electron chi connectivity index (χ3n) is 6.01. The van der Waals surface area contributed by atoms with Gasteiger partial charge in [-0.15, -0.1) is 0 Å². The molecule has 1 aliphatic rings. The average molecular weight is 431 g/mol. The number of hydrogen-bond acceptors (Lipinski definition) is 5. The molecule has 0 radical (unpaired) electrons. The van der Waals surface area contributed by atoms with Gasteiger partial charge in [-0.1, -0.05) is 43.5 Å². The van der Waals surface area contributed by atoms with E-state index in [-0.39, 0.29) is 11.9 Å². The van der Waals surface area contributed by atoms with Crippen LogP contribution in [0.25, 0.3) is 11.1 Å². The van der Waals surface area contributed by atoms with E-state index in [0.29, 0.717) is 17.6 Å². The smallest absolute Gasteiger partial charge is 0.251 e. The Kier molecular flexibility index (Phi) is 7.00. The lowest BCUT2D eigenvalue weighted by Crippen LogP contribution is -2.26. The van der Waals surface area contributed by atoms with Gasteiger partial charge in [0, 0.05) is 29.6 Å². The summed E-state index contributed by atoms with van der Waals surface area (Å²) in [7, 11) is 1.63. The van der Waals surface area contributed by atoms with Crippen molar-refractivity contribution in [2.24, 2.45) is 0 Å². The fourth-order valence-electron chi connectivity index (χ4n) is 4.07. The number of aromatic nitrogens is 2. The Morgan fingerprint density at radius 3 is 2.41 bits per heavy atom. The number of nitrogens with one attached hydrogen (secondary N) is 2. The number of hydrogen-bond donors (Lipinski definition) is 2. The van der Waals surface area contributed by atoms with Crippen molar-refractivity contribution in [2.75, 3.05) is 12.4 Å². The van der Waals surface area contributed by atoms with Crippen molar-refractivity contribution < 1.29 is 9.53 Å². The average Bonchev–Trinajstić information content (AvgIpc) is 2.85.